The van der Waals surface area contributed by atoms with E-state index in [1.54, 1.807) is 6.26 Å². The van der Waals surface area contributed by atoms with Crippen LogP contribution in [-0.2, 0) is 31.6 Å². The van der Waals surface area contributed by atoms with Gasteiger partial charge in [0.05, 0.1) is 46.9 Å². The third-order valence-corrected chi connectivity index (χ3v) is 7.10. The minimum Gasteiger partial charge on any atom is -0.472 e. The predicted octanol–water partition coefficient (Wildman–Crippen LogP) is 7.62. The van der Waals surface area contributed by atoms with E-state index in [1.165, 1.54) is 89.7 Å². The summed E-state index contributed by atoms with van der Waals surface area (Å²) < 4.78 is 33.9. The Bertz CT molecular complexity index is 673. The van der Waals surface area contributed by atoms with Crippen LogP contribution >= 0.6 is 7.82 Å². The Morgan fingerprint density at radius 1 is 0.743 bits per heavy atom. The monoisotopic (exact) mass is 518 g/mol. The lowest BCUT2D eigenvalue weighted by Gasteiger charge is -2.24. The van der Waals surface area contributed by atoms with Crippen LogP contribution in [0.1, 0.15) is 108 Å². The van der Waals surface area contributed by atoms with Crippen molar-refractivity contribution in [1.29, 1.82) is 0 Å². The van der Waals surface area contributed by atoms with Gasteiger partial charge in [0.1, 0.15) is 13.2 Å². The number of phosphoric ester groups is 1. The molecule has 0 aliphatic rings. The van der Waals surface area contributed by atoms with Crippen LogP contribution in [0.25, 0.3) is 0 Å². The van der Waals surface area contributed by atoms with E-state index in [1.807, 2.05) is 21.1 Å². The molecule has 1 heterocycles. The van der Waals surface area contributed by atoms with Gasteiger partial charge in [-0.05, 0) is 6.42 Å². The summed E-state index contributed by atoms with van der Waals surface area (Å²) in [5.41, 5.74) is 1.54. The highest BCUT2D eigenvalue weighted by Crippen LogP contribution is 2.44. The molecule has 35 heavy (non-hydrogen) atoms. The Kier molecular flexibility index (Phi) is 17.9. The van der Waals surface area contributed by atoms with E-state index >= 15 is 0 Å². The fourth-order valence-electron chi connectivity index (χ4n) is 3.80. The minimum atomic E-state index is -4.10. The van der Waals surface area contributed by atoms with E-state index in [0.717, 1.165) is 12.0 Å². The summed E-state index contributed by atoms with van der Waals surface area (Å²) in [5, 5.41) is 0. The molecule has 0 radical (unpaired) electrons. The second-order valence-electron chi connectivity index (χ2n) is 10.7. The molecule has 1 aromatic rings. The Morgan fingerprint density at radius 2 is 1.23 bits per heavy atom. The maximum atomic E-state index is 12.1. The van der Waals surface area contributed by atoms with Crippen molar-refractivity contribution in [2.45, 2.75) is 110 Å². The number of phosphoric acid groups is 1. The van der Waals surface area contributed by atoms with E-state index in [2.05, 4.69) is 6.92 Å². The Labute approximate surface area is 214 Å². The molecule has 0 amide bonds. The first kappa shape index (κ1) is 32.3. The smallest absolute Gasteiger partial charge is 0.472 e. The third kappa shape index (κ3) is 19.1. The summed E-state index contributed by atoms with van der Waals surface area (Å²) in [7, 11) is 1.87. The van der Waals surface area contributed by atoms with Gasteiger partial charge in [-0.1, -0.05) is 90.4 Å². The molecule has 1 N–H and O–H groups in total. The van der Waals surface area contributed by atoms with Gasteiger partial charge in [-0.15, -0.1) is 0 Å². The van der Waals surface area contributed by atoms with Crippen LogP contribution < -0.4 is 0 Å². The highest BCUT2D eigenvalue weighted by molar-refractivity contribution is 7.47. The first-order chi connectivity index (χ1) is 16.7. The lowest BCUT2D eigenvalue weighted by atomic mass is 10.0. The van der Waals surface area contributed by atoms with Gasteiger partial charge in [0.2, 0.25) is 0 Å². The summed E-state index contributed by atoms with van der Waals surface area (Å²) in [6, 6.07) is 0. The molecular weight excluding hydrogens is 465 g/mol. The molecule has 0 fully saturated rings. The van der Waals surface area contributed by atoms with Crippen molar-refractivity contribution in [3.05, 3.63) is 23.7 Å². The average Bonchev–Trinajstić information content (AvgIpc) is 3.24. The number of quaternary nitrogens is 1. The van der Waals surface area contributed by atoms with E-state index in [4.69, 9.17) is 18.2 Å². The number of hydrogen-bond acceptors (Lipinski definition) is 5. The molecule has 0 bridgehead atoms. The zero-order valence-corrected chi connectivity index (χ0v) is 23.9. The van der Waals surface area contributed by atoms with E-state index in [-0.39, 0.29) is 13.2 Å². The maximum absolute atomic E-state index is 12.1. The first-order valence-corrected chi connectivity index (χ1v) is 15.3. The van der Waals surface area contributed by atoms with E-state index in [0.29, 0.717) is 29.8 Å². The highest BCUT2D eigenvalue weighted by atomic mass is 31.2. The first-order valence-electron chi connectivity index (χ1n) is 13.8. The van der Waals surface area contributed by atoms with Gasteiger partial charge in [0.15, 0.2) is 0 Å². The van der Waals surface area contributed by atoms with Gasteiger partial charge in [-0.3, -0.25) is 9.05 Å². The summed E-state index contributed by atoms with van der Waals surface area (Å²) in [6.07, 6.45) is 21.9. The van der Waals surface area contributed by atoms with Gasteiger partial charge in [0.25, 0.3) is 0 Å². The van der Waals surface area contributed by atoms with Crippen molar-refractivity contribution in [3.63, 3.8) is 0 Å². The van der Waals surface area contributed by atoms with Crippen LogP contribution in [0, 0.1) is 0 Å². The zero-order chi connectivity index (χ0) is 25.8. The molecule has 1 unspecified atom stereocenters. The SMILES string of the molecule is CCCCCCCCCCCCCCCCOCc1cocc1COP(=O)(O)OCC[N+](C)(C)C. The molecule has 0 aliphatic carbocycles. The normalized spacial score (nSPS) is 13.9. The number of unbranched alkanes of at least 4 members (excludes halogenated alkanes) is 13. The second kappa shape index (κ2) is 19.4. The van der Waals surface area contributed by atoms with E-state index in [9.17, 15) is 9.46 Å². The standard InChI is InChI=1S/C27H52NO6P/c1-5-6-7-8-9-10-11-12-13-14-15-16-17-18-20-31-22-26-23-32-24-27(26)25-34-35(29,30)33-21-19-28(2,3)4/h23-24H,5-22,25H2,1-4H3/p+1. The van der Waals surface area contributed by atoms with Gasteiger partial charge in [-0.25, -0.2) is 4.57 Å². The maximum Gasteiger partial charge on any atom is 0.472 e. The second-order valence-corrected chi connectivity index (χ2v) is 12.1. The molecule has 1 aromatic heterocycles. The lowest BCUT2D eigenvalue weighted by molar-refractivity contribution is -0.870. The number of hydrogen-bond donors (Lipinski definition) is 1. The quantitative estimate of drug-likeness (QED) is 0.0862. The van der Waals surface area contributed by atoms with Crippen LogP contribution in [0.15, 0.2) is 16.9 Å². The van der Waals surface area contributed by atoms with Gasteiger partial charge < -0.3 is 18.5 Å². The molecule has 0 saturated carbocycles. The summed E-state index contributed by atoms with van der Waals surface area (Å²) >= 11 is 0. The van der Waals surface area contributed by atoms with Crippen molar-refractivity contribution < 1.29 is 32.1 Å². The molecule has 0 saturated heterocycles. The molecule has 206 valence electrons. The topological polar surface area (TPSA) is 78.1 Å². The van der Waals surface area contributed by atoms with Crippen molar-refractivity contribution in [2.75, 3.05) is 40.9 Å². The Balaban J connectivity index is 2.01. The van der Waals surface area contributed by atoms with Crippen molar-refractivity contribution in [2.24, 2.45) is 0 Å². The highest BCUT2D eigenvalue weighted by Gasteiger charge is 2.23. The Hall–Kier alpha value is -0.690. The van der Waals surface area contributed by atoms with Gasteiger partial charge in [-0.2, -0.15) is 0 Å². The van der Waals surface area contributed by atoms with Gasteiger partial charge >= 0.3 is 7.82 Å². The average molecular weight is 519 g/mol. The van der Waals surface area contributed by atoms with Crippen LogP contribution in [0.4, 0.5) is 0 Å². The Morgan fingerprint density at radius 3 is 1.74 bits per heavy atom. The molecule has 1 atom stereocenters. The number of ether oxygens (including phenoxy) is 1. The largest absolute Gasteiger partial charge is 0.472 e. The molecule has 0 aromatic carbocycles. The lowest BCUT2D eigenvalue weighted by Crippen LogP contribution is -2.37. The summed E-state index contributed by atoms with van der Waals surface area (Å²) in [4.78, 5) is 9.87. The molecule has 1 rings (SSSR count). The van der Waals surface area contributed by atoms with Crippen LogP contribution in [0.2, 0.25) is 0 Å². The zero-order valence-electron chi connectivity index (χ0n) is 23.0. The van der Waals surface area contributed by atoms with Crippen LogP contribution in [0.5, 0.6) is 0 Å². The minimum absolute atomic E-state index is 0.0494. The van der Waals surface area contributed by atoms with Crippen molar-refractivity contribution in [1.82, 2.24) is 0 Å². The predicted molar refractivity (Wildman–Crippen MR) is 142 cm³/mol. The number of furan rings is 1. The molecule has 8 heteroatoms. The number of likely N-dealkylation sites (N-methyl/N-ethyl adjacent to an activating group) is 1. The third-order valence-electron chi connectivity index (χ3n) is 6.13. The number of nitrogens with zero attached hydrogens (tertiary/aromatic N) is 1. The van der Waals surface area contributed by atoms with Crippen LogP contribution in [-0.4, -0.2) is 50.3 Å². The van der Waals surface area contributed by atoms with E-state index < -0.39 is 7.82 Å². The molecule has 0 spiro atoms. The molecule has 0 aliphatic heterocycles. The fourth-order valence-corrected chi connectivity index (χ4v) is 4.49. The summed E-state index contributed by atoms with van der Waals surface area (Å²) in [6.45, 7) is 4.09. The molecular formula is C27H53NO6P+. The fraction of sp³-hybridized carbons (Fsp3) is 0.852. The van der Waals surface area contributed by atoms with Crippen molar-refractivity contribution in [3.8, 4) is 0 Å². The van der Waals surface area contributed by atoms with Gasteiger partial charge in [0, 0.05) is 17.7 Å². The number of rotatable bonds is 24. The van der Waals surface area contributed by atoms with Crippen molar-refractivity contribution >= 4 is 7.82 Å². The summed E-state index contributed by atoms with van der Waals surface area (Å²) in [5.74, 6) is 0. The molecule has 7 nitrogen and oxygen atoms in total. The van der Waals surface area contributed by atoms with Crippen LogP contribution in [0.3, 0.4) is 0 Å².